The predicted octanol–water partition coefficient (Wildman–Crippen LogP) is 3.37. The van der Waals surface area contributed by atoms with Gasteiger partial charge in [-0.05, 0) is 44.5 Å². The molecule has 0 bridgehead atoms. The van der Waals surface area contributed by atoms with E-state index in [0.717, 1.165) is 5.56 Å². The summed E-state index contributed by atoms with van der Waals surface area (Å²) in [5.74, 6) is -0.201. The van der Waals surface area contributed by atoms with Crippen molar-refractivity contribution < 1.29 is 28.2 Å². The molecule has 2 N–H and O–H groups in total. The Morgan fingerprint density at radius 2 is 1.97 bits per heavy atom. The molecule has 158 valence electrons. The molecule has 2 aromatic heterocycles. The first-order valence-electron chi connectivity index (χ1n) is 9.07. The molecule has 3 aromatic rings. The third-order valence-corrected chi connectivity index (χ3v) is 4.36. The van der Waals surface area contributed by atoms with Crippen LogP contribution in [0, 0.1) is 13.8 Å². The zero-order valence-electron chi connectivity index (χ0n) is 16.7. The summed E-state index contributed by atoms with van der Waals surface area (Å²) in [5.41, 5.74) is 7.07. The van der Waals surface area contributed by atoms with Crippen LogP contribution in [-0.2, 0) is 20.9 Å². The molecule has 9 nitrogen and oxygen atoms in total. The van der Waals surface area contributed by atoms with Gasteiger partial charge in [-0.3, -0.25) is 0 Å². The summed E-state index contributed by atoms with van der Waals surface area (Å²) in [7, 11) is 0. The maximum absolute atomic E-state index is 12.1. The van der Waals surface area contributed by atoms with E-state index in [2.05, 4.69) is 9.97 Å². The van der Waals surface area contributed by atoms with Crippen LogP contribution < -0.4 is 10.5 Å². The minimum Gasteiger partial charge on any atom is -0.482 e. The van der Waals surface area contributed by atoms with E-state index in [1.807, 2.05) is 6.92 Å². The fraction of sp³-hybridized carbons (Fsp3) is 0.300. The van der Waals surface area contributed by atoms with Gasteiger partial charge >= 0.3 is 11.9 Å². The van der Waals surface area contributed by atoms with E-state index in [4.69, 9.17) is 36.0 Å². The smallest absolute Gasteiger partial charge is 0.344 e. The lowest BCUT2D eigenvalue weighted by atomic mass is 10.2. The van der Waals surface area contributed by atoms with Gasteiger partial charge in [0.05, 0.1) is 12.0 Å². The van der Waals surface area contributed by atoms with Crippen LogP contribution in [0.3, 0.4) is 0 Å². The lowest BCUT2D eigenvalue weighted by Crippen LogP contribution is -2.16. The first kappa shape index (κ1) is 21.4. The van der Waals surface area contributed by atoms with Crippen molar-refractivity contribution in [3.8, 4) is 5.75 Å². The molecule has 1 aromatic carbocycles. The number of hydrogen-bond acceptors (Lipinski definition) is 9. The third-order valence-electron chi connectivity index (χ3n) is 4.13. The van der Waals surface area contributed by atoms with Gasteiger partial charge in [0.15, 0.2) is 19.0 Å². The average molecular weight is 434 g/mol. The molecule has 0 aliphatic rings. The Balaban J connectivity index is 1.67. The molecule has 0 aliphatic heterocycles. The number of halogens is 1. The highest BCUT2D eigenvalue weighted by Gasteiger charge is 2.24. The molecular weight excluding hydrogens is 414 g/mol. The number of rotatable bonds is 7. The van der Waals surface area contributed by atoms with Crippen molar-refractivity contribution in [2.24, 2.45) is 0 Å². The van der Waals surface area contributed by atoms with E-state index >= 15 is 0 Å². The third kappa shape index (κ3) is 4.62. The van der Waals surface area contributed by atoms with Crippen molar-refractivity contribution in [1.29, 1.82) is 0 Å². The van der Waals surface area contributed by atoms with Crippen molar-refractivity contribution in [1.82, 2.24) is 9.97 Å². The van der Waals surface area contributed by atoms with Gasteiger partial charge in [-0.15, -0.1) is 0 Å². The molecule has 0 atom stereocenters. The number of esters is 2. The number of anilines is 1. The molecule has 10 heteroatoms. The highest BCUT2D eigenvalue weighted by atomic mass is 35.5. The second kappa shape index (κ2) is 9.00. The molecule has 0 radical (unpaired) electrons. The van der Waals surface area contributed by atoms with Gasteiger partial charge in [-0.1, -0.05) is 11.6 Å². The molecule has 0 amide bonds. The topological polar surface area (TPSA) is 127 Å². The Hall–Kier alpha value is -3.33. The van der Waals surface area contributed by atoms with Crippen molar-refractivity contribution in [2.75, 3.05) is 18.9 Å². The number of hydrogen-bond donors (Lipinski definition) is 1. The Kier molecular flexibility index (Phi) is 6.41. The number of ether oxygens (including phenoxy) is 3. The van der Waals surface area contributed by atoms with Crippen LogP contribution in [0.25, 0.3) is 11.1 Å². The van der Waals surface area contributed by atoms with E-state index in [1.54, 1.807) is 32.0 Å². The molecular formula is C20H20ClN3O6. The Bertz CT molecular complexity index is 1110. The van der Waals surface area contributed by atoms with Crippen LogP contribution in [0.1, 0.15) is 34.4 Å². The van der Waals surface area contributed by atoms with E-state index in [9.17, 15) is 9.59 Å². The number of carbonyl (C=O) groups is 2. The van der Waals surface area contributed by atoms with Crippen LogP contribution in [-0.4, -0.2) is 35.1 Å². The van der Waals surface area contributed by atoms with Crippen molar-refractivity contribution in [3.05, 3.63) is 45.9 Å². The number of aryl methyl sites for hydroxylation is 2. The number of nitrogens with zero attached hydrogens (tertiary/aromatic N) is 2. The highest BCUT2D eigenvalue weighted by molar-refractivity contribution is 6.30. The number of aromatic nitrogens is 2. The van der Waals surface area contributed by atoms with Crippen molar-refractivity contribution in [2.45, 2.75) is 27.4 Å². The Morgan fingerprint density at radius 3 is 2.67 bits per heavy atom. The van der Waals surface area contributed by atoms with Gasteiger partial charge in [-0.2, -0.15) is 4.98 Å². The first-order valence-corrected chi connectivity index (χ1v) is 9.45. The monoisotopic (exact) mass is 433 g/mol. The lowest BCUT2D eigenvalue weighted by molar-refractivity contribution is -0.147. The summed E-state index contributed by atoms with van der Waals surface area (Å²) in [5, 5.41) is 0.842. The van der Waals surface area contributed by atoms with E-state index in [1.165, 1.54) is 0 Å². The zero-order valence-corrected chi connectivity index (χ0v) is 17.4. The van der Waals surface area contributed by atoms with E-state index in [0.29, 0.717) is 16.5 Å². The molecule has 30 heavy (non-hydrogen) atoms. The zero-order chi connectivity index (χ0) is 21.8. The maximum atomic E-state index is 12.1. The van der Waals surface area contributed by atoms with Crippen molar-refractivity contribution in [3.63, 3.8) is 0 Å². The first-order chi connectivity index (χ1) is 14.3. The molecule has 3 rings (SSSR count). The van der Waals surface area contributed by atoms with Gasteiger partial charge in [0.25, 0.3) is 0 Å². The van der Waals surface area contributed by atoms with Crippen LogP contribution >= 0.6 is 11.6 Å². The highest BCUT2D eigenvalue weighted by Crippen LogP contribution is 2.29. The molecule has 0 saturated heterocycles. The van der Waals surface area contributed by atoms with Gasteiger partial charge in [0.2, 0.25) is 5.71 Å². The van der Waals surface area contributed by atoms with Crippen LogP contribution in [0.2, 0.25) is 5.02 Å². The molecule has 0 fully saturated rings. The minimum atomic E-state index is -0.616. The summed E-state index contributed by atoms with van der Waals surface area (Å²) in [6.45, 7) is 4.78. The van der Waals surface area contributed by atoms with Gasteiger partial charge < -0.3 is 24.4 Å². The molecule has 0 unspecified atom stereocenters. The Labute approximate surface area is 177 Å². The second-order valence-corrected chi connectivity index (χ2v) is 6.75. The van der Waals surface area contributed by atoms with Crippen molar-refractivity contribution >= 4 is 40.5 Å². The van der Waals surface area contributed by atoms with Gasteiger partial charge in [-0.25, -0.2) is 14.6 Å². The van der Waals surface area contributed by atoms with Crippen LogP contribution in [0.15, 0.2) is 22.6 Å². The fourth-order valence-corrected chi connectivity index (χ4v) is 3.02. The van der Waals surface area contributed by atoms with Gasteiger partial charge in [0, 0.05) is 5.02 Å². The normalized spacial score (nSPS) is 10.8. The summed E-state index contributed by atoms with van der Waals surface area (Å²) >= 11 is 5.89. The largest absolute Gasteiger partial charge is 0.482 e. The minimum absolute atomic E-state index is 0.0268. The SMILES string of the molecule is CCOC(=O)c1c(C)oc2nc(COC(=O)COc3ccc(Cl)cc3C)nc(N)c12. The molecule has 0 spiro atoms. The number of furan rings is 1. The summed E-state index contributed by atoms with van der Waals surface area (Å²) in [6, 6.07) is 5.06. The van der Waals surface area contributed by atoms with Crippen LogP contribution in [0.5, 0.6) is 5.75 Å². The number of benzene rings is 1. The lowest BCUT2D eigenvalue weighted by Gasteiger charge is -2.09. The molecule has 0 aliphatic carbocycles. The molecule has 0 saturated carbocycles. The average Bonchev–Trinajstić information content (AvgIpc) is 3.02. The Morgan fingerprint density at radius 1 is 1.20 bits per heavy atom. The fourth-order valence-electron chi connectivity index (χ4n) is 2.80. The summed E-state index contributed by atoms with van der Waals surface area (Å²) < 4.78 is 21.1. The van der Waals surface area contributed by atoms with E-state index in [-0.39, 0.29) is 48.1 Å². The summed E-state index contributed by atoms with van der Waals surface area (Å²) in [6.07, 6.45) is 0. The number of carbonyl (C=O) groups excluding carboxylic acids is 2. The predicted molar refractivity (Wildman–Crippen MR) is 108 cm³/mol. The standard InChI is InChI=1S/C20H20ClN3O6/c1-4-27-20(26)16-11(3)30-19-17(16)18(22)23-14(24-19)8-29-15(25)9-28-13-6-5-12(21)7-10(13)2/h5-7H,4,8-9H2,1-3H3,(H2,22,23,24). The maximum Gasteiger partial charge on any atom is 0.344 e. The van der Waals surface area contributed by atoms with Crippen LogP contribution in [0.4, 0.5) is 5.82 Å². The number of nitrogens with two attached hydrogens (primary N) is 1. The van der Waals surface area contributed by atoms with E-state index < -0.39 is 11.9 Å². The molecule has 2 heterocycles. The second-order valence-electron chi connectivity index (χ2n) is 6.32. The quantitative estimate of drug-likeness (QED) is 0.557. The number of nitrogen functional groups attached to an aromatic ring is 1. The summed E-state index contributed by atoms with van der Waals surface area (Å²) in [4.78, 5) is 32.4. The number of fused-ring (bicyclic) bond motifs is 1. The van der Waals surface area contributed by atoms with Gasteiger partial charge in [0.1, 0.15) is 22.9 Å².